The average molecular weight is 1750 g/mol. The van der Waals surface area contributed by atoms with Gasteiger partial charge in [0, 0.05) is 191 Å². The minimum absolute atomic E-state index is 0.323. The highest BCUT2D eigenvalue weighted by Crippen LogP contribution is 2.54. The highest BCUT2D eigenvalue weighted by Gasteiger charge is 2.41. The lowest BCUT2D eigenvalue weighted by molar-refractivity contribution is 0.357. The Balaban J connectivity index is 0.000000510. The second kappa shape index (κ2) is 55.2. The first-order chi connectivity index (χ1) is 61.3. The van der Waals surface area contributed by atoms with Crippen molar-refractivity contribution in [1.82, 2.24) is 39.0 Å². The number of fused-ring (bicyclic) bond motifs is 15. The number of hydrogen-bond donors (Lipinski definition) is 0. The number of allylic oxidation sites excluding steroid dienone is 1. The third kappa shape index (κ3) is 24.2. The quantitative estimate of drug-likeness (QED) is 0.168. The molecular formula is C112H171N13OS. The Morgan fingerprint density at radius 3 is 1.22 bits per heavy atom. The van der Waals surface area contributed by atoms with Crippen LogP contribution in [0.1, 0.15) is 263 Å². The Morgan fingerprint density at radius 1 is 0.323 bits per heavy atom. The van der Waals surface area contributed by atoms with Gasteiger partial charge in [-0.1, -0.05) is 239 Å². The molecule has 0 saturated heterocycles. The molecule has 6 aliphatic rings. The molecular weight excluding hydrogens is 1580 g/mol. The zero-order valence-electron chi connectivity index (χ0n) is 87.9. The highest BCUT2D eigenvalue weighted by atomic mass is 32.1. The van der Waals surface area contributed by atoms with E-state index in [4.69, 9.17) is 4.42 Å². The third-order valence-electron chi connectivity index (χ3n) is 23.1. The van der Waals surface area contributed by atoms with Crippen LogP contribution in [0.25, 0.3) is 80.7 Å². The average Bonchev–Trinajstić information content (AvgIpc) is 1.62. The van der Waals surface area contributed by atoms with Crippen molar-refractivity contribution in [3.63, 3.8) is 0 Å². The van der Waals surface area contributed by atoms with Gasteiger partial charge < -0.3 is 58.0 Å². The van der Waals surface area contributed by atoms with Gasteiger partial charge in [-0.05, 0) is 202 Å². The van der Waals surface area contributed by atoms with Crippen molar-refractivity contribution in [2.45, 2.75) is 301 Å². The van der Waals surface area contributed by atoms with Crippen LogP contribution in [0.4, 0.5) is 28.6 Å². The third-order valence-corrected chi connectivity index (χ3v) is 24.2. The Kier molecular flexibility index (Phi) is 48.8. The maximum absolute atomic E-state index is 6.01. The van der Waals surface area contributed by atoms with Gasteiger partial charge in [0.25, 0.3) is 0 Å². The fraction of sp³-hybridized carbons (Fsp3) is 0.446. The normalized spacial score (nSPS) is 15.7. The lowest BCUT2D eigenvalue weighted by atomic mass is 9.80. The molecule has 0 radical (unpaired) electrons. The van der Waals surface area contributed by atoms with E-state index < -0.39 is 0 Å². The number of thiophene rings is 1. The summed E-state index contributed by atoms with van der Waals surface area (Å²) in [6.45, 7) is 81.3. The number of furan rings is 1. The number of aromatic nitrogens is 3. The second-order valence-corrected chi connectivity index (χ2v) is 30.1. The topological polar surface area (TPSA) is 76.2 Å². The summed E-state index contributed by atoms with van der Waals surface area (Å²) in [5, 5.41) is 7.79. The summed E-state index contributed by atoms with van der Waals surface area (Å²) >= 11 is 1.88. The van der Waals surface area contributed by atoms with Gasteiger partial charge in [-0.25, -0.2) is 9.97 Å². The molecule has 0 N–H and O–H groups in total. The minimum Gasteiger partial charge on any atom is -0.456 e. The zero-order chi connectivity index (χ0) is 96.9. The highest BCUT2D eigenvalue weighted by molar-refractivity contribution is 7.25. The first-order valence-corrected chi connectivity index (χ1v) is 48.9. The summed E-state index contributed by atoms with van der Waals surface area (Å²) in [6, 6.07) is 46.0. The van der Waals surface area contributed by atoms with Crippen LogP contribution in [0.15, 0.2) is 200 Å². The maximum Gasteiger partial charge on any atom is 0.140 e. The van der Waals surface area contributed by atoms with Crippen molar-refractivity contribution >= 4 is 110 Å². The molecule has 14 nitrogen and oxygen atoms in total. The molecule has 10 heterocycles. The summed E-state index contributed by atoms with van der Waals surface area (Å²) in [5.74, 6) is 0.980. The lowest BCUT2D eigenvalue weighted by Crippen LogP contribution is -2.37. The Bertz CT molecular complexity index is 5330. The van der Waals surface area contributed by atoms with E-state index in [1.807, 2.05) is 215 Å². The molecule has 4 aromatic heterocycles. The monoisotopic (exact) mass is 1750 g/mol. The van der Waals surface area contributed by atoms with Gasteiger partial charge in [0.05, 0.1) is 16.9 Å². The number of anilines is 5. The van der Waals surface area contributed by atoms with Crippen LogP contribution in [-0.2, 0) is 7.05 Å². The van der Waals surface area contributed by atoms with Crippen LogP contribution in [0.5, 0.6) is 0 Å². The smallest absolute Gasteiger partial charge is 0.140 e. The number of nitrogens with zero attached hydrogens (tertiary/aromatic N) is 13. The van der Waals surface area contributed by atoms with E-state index in [1.54, 1.807) is 6.33 Å². The molecule has 5 unspecified atom stereocenters. The van der Waals surface area contributed by atoms with Gasteiger partial charge >= 0.3 is 0 Å². The molecule has 18 rings (SSSR count). The molecule has 0 bridgehead atoms. The zero-order valence-corrected chi connectivity index (χ0v) is 88.7. The van der Waals surface area contributed by atoms with E-state index in [9.17, 15) is 0 Å². The lowest BCUT2D eigenvalue weighted by Gasteiger charge is -2.38. The summed E-state index contributed by atoms with van der Waals surface area (Å²) in [7, 11) is 12.7. The first kappa shape index (κ1) is 112. The predicted molar refractivity (Wildman–Crippen MR) is 574 cm³/mol. The number of rotatable bonds is 4. The molecule has 6 aliphatic heterocycles. The van der Waals surface area contributed by atoms with Crippen molar-refractivity contribution in [3.8, 4) is 11.1 Å². The summed E-state index contributed by atoms with van der Waals surface area (Å²) in [6.07, 6.45) is 22.1. The number of aryl methyl sites for hydroxylation is 6. The molecule has 5 atom stereocenters. The van der Waals surface area contributed by atoms with E-state index in [0.717, 1.165) is 22.5 Å². The van der Waals surface area contributed by atoms with Crippen LogP contribution in [-0.4, -0.2) is 105 Å². The molecule has 0 fully saturated rings. The molecule has 0 aliphatic carbocycles. The van der Waals surface area contributed by atoms with Crippen LogP contribution in [0, 0.1) is 62.3 Å². The van der Waals surface area contributed by atoms with Crippen molar-refractivity contribution < 1.29 is 4.42 Å². The Labute approximate surface area is 777 Å². The van der Waals surface area contributed by atoms with E-state index >= 15 is 0 Å². The number of hydrogen-bond acceptors (Lipinski definition) is 14. The van der Waals surface area contributed by atoms with Gasteiger partial charge in [0.15, 0.2) is 0 Å². The summed E-state index contributed by atoms with van der Waals surface area (Å²) in [4.78, 5) is 31.1. The summed E-state index contributed by atoms with van der Waals surface area (Å²) < 4.78 is 11.0. The SMILES string of the molecule is CC.CC.CC.CC.CC.CC.CC.CC.CC.CC.CC.CC.CC1=C2c3c(C)c(C)c(C)c(C)c3-c3cccc(C)c3N2C(C)N1C.Cc1cc2c(cc1N1C=CN(C)C1C)oc1ccccc12.Cc1cc2c(cc1N1C=CN(C)C1C)sc1ccccc12.Cc1cc2c3ccccc3n(C)c2cc1N1C=CN(C)C1C.Cc1cncnc1N1C=CN(C)C1C. The largest absolute Gasteiger partial charge is 0.456 e. The van der Waals surface area contributed by atoms with Crippen molar-refractivity contribution in [2.24, 2.45) is 7.05 Å². The minimum atomic E-state index is 0.323. The van der Waals surface area contributed by atoms with Crippen LogP contribution >= 0.6 is 11.3 Å². The van der Waals surface area contributed by atoms with Crippen LogP contribution in [0.3, 0.4) is 0 Å². The van der Waals surface area contributed by atoms with E-state index in [2.05, 4.69) is 355 Å². The molecule has 0 saturated carbocycles. The standard InChI is InChI=1S/C23H28N2.C19H21N3.C18H18N2O.C18H18N2S.C10H14N4.12C2H6/c1-12-10-9-11-19-20-15(4)13(2)14(3)16(5)21(20)23-17(6)24(8)18(7)25(23)22(12)19;1-13-11-16-15-7-5-6-8-17(15)21(4)19(16)12-18(13)22-10-9-20(3)14(22)2;2*1-12-10-15-14-6-4-5-7-17(14)21-18(15)11-16(12)20-9-8-19(3)13(20)2;1-8-6-11-7-12-10(8)14-5-4-13(3)9(14)2;12*1-2/h9-11,18H,1-8H3;5-12,14H,1-4H3;2*4-11,13H,1-3H3;4-7,9H,1-3H3;12*1-2H3. The molecule has 0 spiro atoms. The number of benzene rings is 8. The molecule has 8 aromatic carbocycles. The van der Waals surface area contributed by atoms with E-state index in [1.165, 1.54) is 148 Å². The fourth-order valence-corrected chi connectivity index (χ4v) is 16.9. The van der Waals surface area contributed by atoms with Crippen molar-refractivity contribution in [1.29, 1.82) is 0 Å². The first-order valence-electron chi connectivity index (χ1n) is 48.1. The predicted octanol–water partition coefficient (Wildman–Crippen LogP) is 33.0. The van der Waals surface area contributed by atoms with E-state index in [-0.39, 0.29) is 0 Å². The number of para-hydroxylation sites is 3. The molecule has 15 heteroatoms. The Morgan fingerprint density at radius 2 is 0.740 bits per heavy atom. The maximum atomic E-state index is 6.01. The second-order valence-electron chi connectivity index (χ2n) is 29.0. The van der Waals surface area contributed by atoms with Crippen molar-refractivity contribution in [3.05, 3.63) is 251 Å². The van der Waals surface area contributed by atoms with Crippen LogP contribution in [0.2, 0.25) is 0 Å². The van der Waals surface area contributed by atoms with Gasteiger partial charge in [-0.15, -0.1) is 11.3 Å². The molecule has 0 amide bonds. The molecule has 127 heavy (non-hydrogen) atoms. The van der Waals surface area contributed by atoms with Gasteiger partial charge in [-0.3, -0.25) is 0 Å². The van der Waals surface area contributed by atoms with Gasteiger partial charge in [0.2, 0.25) is 0 Å². The van der Waals surface area contributed by atoms with E-state index in [0.29, 0.717) is 30.8 Å². The Hall–Kier alpha value is -10.6. The molecule has 696 valence electrons. The van der Waals surface area contributed by atoms with Gasteiger partial charge in [0.1, 0.15) is 54.1 Å². The van der Waals surface area contributed by atoms with Crippen molar-refractivity contribution in [2.75, 3.05) is 59.7 Å². The summed E-state index contributed by atoms with van der Waals surface area (Å²) in [5.41, 5.74) is 28.7. The van der Waals surface area contributed by atoms with Gasteiger partial charge in [-0.2, -0.15) is 0 Å². The van der Waals surface area contributed by atoms with Crippen LogP contribution < -0.4 is 24.5 Å². The fourth-order valence-electron chi connectivity index (χ4n) is 15.8. The molecule has 12 aromatic rings.